The van der Waals surface area contributed by atoms with Gasteiger partial charge in [0.05, 0.1) is 26.4 Å². The first-order chi connectivity index (χ1) is 45.6. The molecule has 17 nitrogen and oxygen atoms in total. The van der Waals surface area contributed by atoms with E-state index in [0.29, 0.717) is 25.7 Å². The van der Waals surface area contributed by atoms with Crippen molar-refractivity contribution in [3.05, 3.63) is 0 Å². The summed E-state index contributed by atoms with van der Waals surface area (Å²) in [7, 11) is -9.91. The van der Waals surface area contributed by atoms with Gasteiger partial charge < -0.3 is 33.8 Å². The summed E-state index contributed by atoms with van der Waals surface area (Å²) in [6, 6.07) is 0. The Morgan fingerprint density at radius 2 is 0.511 bits per heavy atom. The molecular formula is C75H146O17P2. The van der Waals surface area contributed by atoms with Gasteiger partial charge in [0.15, 0.2) is 12.2 Å². The number of hydrogen-bond acceptors (Lipinski definition) is 15. The highest BCUT2D eigenvalue weighted by atomic mass is 31.2. The summed E-state index contributed by atoms with van der Waals surface area (Å²) in [4.78, 5) is 72.8. The molecule has 558 valence electrons. The quantitative estimate of drug-likeness (QED) is 0.0222. The number of hydrogen-bond donors (Lipinski definition) is 3. The summed E-state index contributed by atoms with van der Waals surface area (Å²) in [6.07, 6.45) is 56.6. The molecule has 19 heteroatoms. The SMILES string of the molecule is CCCCCCCCCCCCCCCCCC(=O)O[C@H](COC(=O)CCCCCCCCCCCCCCCC)COP(=O)(O)OC[C@@H](O)COP(=O)(O)OC[C@@H](COC(=O)CCCCCCCCCCC(C)CC)OC(=O)CCCCCCCCCCCCCCC. The summed E-state index contributed by atoms with van der Waals surface area (Å²) in [5.74, 6) is -1.33. The number of phosphoric acid groups is 2. The number of unbranched alkanes of at least 4 members (excludes halogenated alkanes) is 46. The van der Waals surface area contributed by atoms with E-state index in [2.05, 4.69) is 34.6 Å². The second kappa shape index (κ2) is 68.2. The lowest BCUT2D eigenvalue weighted by Crippen LogP contribution is -2.30. The third kappa shape index (κ3) is 67.3. The van der Waals surface area contributed by atoms with Crippen molar-refractivity contribution < 1.29 is 80.2 Å². The van der Waals surface area contributed by atoms with E-state index in [4.69, 9.17) is 37.0 Å². The van der Waals surface area contributed by atoms with Gasteiger partial charge in [0.25, 0.3) is 0 Å². The third-order valence-electron chi connectivity index (χ3n) is 17.9. The van der Waals surface area contributed by atoms with E-state index in [0.717, 1.165) is 95.8 Å². The van der Waals surface area contributed by atoms with E-state index < -0.39 is 97.5 Å². The highest BCUT2D eigenvalue weighted by Crippen LogP contribution is 2.45. The highest BCUT2D eigenvalue weighted by molar-refractivity contribution is 7.47. The van der Waals surface area contributed by atoms with E-state index in [1.807, 2.05) is 0 Å². The fourth-order valence-electron chi connectivity index (χ4n) is 11.5. The number of carbonyl (C=O) groups is 4. The standard InChI is InChI=1S/C75H146O17P2/c1-6-10-13-16-19-22-25-28-30-33-36-39-46-51-56-61-75(80)91-70(64-85-72(77)58-53-48-43-37-34-32-29-26-23-20-17-14-11-7-2)66-89-93(81,82)87-62-69(76)63-88-94(83,84)90-67-71(65-86-73(78)59-54-49-44-41-40-42-47-52-57-68(5)9-4)92-74(79)60-55-50-45-38-35-31-27-24-21-18-15-12-8-3/h68-71,76H,6-67H2,1-5H3,(H,81,82)(H,83,84)/t68?,69-,70-,71-/m1/s1. The number of aliphatic hydroxyl groups is 1. The van der Waals surface area contributed by atoms with Crippen LogP contribution in [0.15, 0.2) is 0 Å². The first-order valence-electron chi connectivity index (χ1n) is 39.2. The lowest BCUT2D eigenvalue weighted by atomic mass is 9.99. The van der Waals surface area contributed by atoms with E-state index in [1.54, 1.807) is 0 Å². The van der Waals surface area contributed by atoms with E-state index in [9.17, 15) is 43.2 Å². The summed E-state index contributed by atoms with van der Waals surface area (Å²) >= 11 is 0. The van der Waals surface area contributed by atoms with Crippen LogP contribution in [0.5, 0.6) is 0 Å². The predicted octanol–water partition coefficient (Wildman–Crippen LogP) is 22.1. The number of esters is 4. The molecule has 0 saturated carbocycles. The predicted molar refractivity (Wildman–Crippen MR) is 382 cm³/mol. The maximum atomic E-state index is 13.1. The van der Waals surface area contributed by atoms with Crippen LogP contribution in [-0.4, -0.2) is 96.7 Å². The van der Waals surface area contributed by atoms with Crippen molar-refractivity contribution in [3.8, 4) is 0 Å². The highest BCUT2D eigenvalue weighted by Gasteiger charge is 2.30. The van der Waals surface area contributed by atoms with Crippen molar-refractivity contribution in [3.63, 3.8) is 0 Å². The van der Waals surface area contributed by atoms with E-state index in [1.165, 1.54) is 218 Å². The molecule has 3 unspecified atom stereocenters. The number of ether oxygens (including phenoxy) is 4. The monoisotopic (exact) mass is 1380 g/mol. The van der Waals surface area contributed by atoms with Crippen molar-refractivity contribution in [1.82, 2.24) is 0 Å². The minimum Gasteiger partial charge on any atom is -0.462 e. The maximum absolute atomic E-state index is 13.1. The van der Waals surface area contributed by atoms with Gasteiger partial charge in [-0.3, -0.25) is 37.3 Å². The molecule has 0 aromatic rings. The van der Waals surface area contributed by atoms with Gasteiger partial charge in [-0.2, -0.15) is 0 Å². The second-order valence-corrected chi connectivity index (χ2v) is 30.2. The van der Waals surface area contributed by atoms with Crippen LogP contribution in [0.3, 0.4) is 0 Å². The topological polar surface area (TPSA) is 237 Å². The zero-order valence-corrected chi connectivity index (χ0v) is 62.9. The normalized spacial score (nSPS) is 14.3. The average Bonchev–Trinajstić information content (AvgIpc) is 2.28. The number of rotatable bonds is 75. The Bertz CT molecular complexity index is 1810. The van der Waals surface area contributed by atoms with Crippen molar-refractivity contribution in [2.75, 3.05) is 39.6 Å². The molecule has 0 aliphatic carbocycles. The molecule has 0 amide bonds. The molecule has 0 aliphatic heterocycles. The fraction of sp³-hybridized carbons (Fsp3) is 0.947. The van der Waals surface area contributed by atoms with Crippen LogP contribution < -0.4 is 0 Å². The van der Waals surface area contributed by atoms with Crippen molar-refractivity contribution >= 4 is 39.5 Å². The molecule has 0 aromatic carbocycles. The minimum atomic E-state index is -4.96. The average molecular weight is 1380 g/mol. The van der Waals surface area contributed by atoms with Crippen molar-refractivity contribution in [2.24, 2.45) is 5.92 Å². The lowest BCUT2D eigenvalue weighted by molar-refractivity contribution is -0.161. The van der Waals surface area contributed by atoms with Gasteiger partial charge in [0, 0.05) is 25.7 Å². The summed E-state index contributed by atoms with van der Waals surface area (Å²) < 4.78 is 68.5. The first-order valence-corrected chi connectivity index (χ1v) is 42.2. The minimum absolute atomic E-state index is 0.108. The molecule has 0 aromatic heterocycles. The molecule has 94 heavy (non-hydrogen) atoms. The van der Waals surface area contributed by atoms with Crippen LogP contribution >= 0.6 is 15.6 Å². The number of phosphoric ester groups is 2. The fourth-order valence-corrected chi connectivity index (χ4v) is 13.1. The Balaban J connectivity index is 5.27. The molecule has 3 N–H and O–H groups in total. The van der Waals surface area contributed by atoms with Gasteiger partial charge in [-0.05, 0) is 31.6 Å². The van der Waals surface area contributed by atoms with Crippen LogP contribution in [-0.2, 0) is 65.4 Å². The molecule has 0 saturated heterocycles. The van der Waals surface area contributed by atoms with E-state index >= 15 is 0 Å². The van der Waals surface area contributed by atoms with Crippen LogP contribution in [0.25, 0.3) is 0 Å². The zero-order chi connectivity index (χ0) is 69.1. The van der Waals surface area contributed by atoms with Gasteiger partial charge in [-0.15, -0.1) is 0 Å². The summed E-state index contributed by atoms with van der Waals surface area (Å²) in [5.41, 5.74) is 0. The van der Waals surface area contributed by atoms with Crippen LogP contribution in [0.1, 0.15) is 394 Å². The first kappa shape index (κ1) is 92.1. The van der Waals surface area contributed by atoms with Crippen molar-refractivity contribution in [1.29, 1.82) is 0 Å². The van der Waals surface area contributed by atoms with Gasteiger partial charge in [0.1, 0.15) is 19.3 Å². The molecular weight excluding hydrogens is 1230 g/mol. The van der Waals surface area contributed by atoms with Crippen molar-refractivity contribution in [2.45, 2.75) is 412 Å². The molecule has 0 fully saturated rings. The Morgan fingerprint density at radius 1 is 0.298 bits per heavy atom. The van der Waals surface area contributed by atoms with Gasteiger partial charge in [-0.25, -0.2) is 9.13 Å². The molecule has 0 aliphatic rings. The molecule has 0 spiro atoms. The Labute approximate surface area is 575 Å². The van der Waals surface area contributed by atoms with Crippen LogP contribution in [0.4, 0.5) is 0 Å². The smallest absolute Gasteiger partial charge is 0.462 e. The van der Waals surface area contributed by atoms with Gasteiger partial charge >= 0.3 is 39.5 Å². The summed E-state index contributed by atoms with van der Waals surface area (Å²) in [6.45, 7) is 7.30. The van der Waals surface area contributed by atoms with Crippen LogP contribution in [0, 0.1) is 5.92 Å². The van der Waals surface area contributed by atoms with Gasteiger partial charge in [0.2, 0.25) is 0 Å². The number of carbonyl (C=O) groups excluding carboxylic acids is 4. The Kier molecular flexibility index (Phi) is 66.8. The molecule has 0 rings (SSSR count). The largest absolute Gasteiger partial charge is 0.472 e. The molecule has 6 atom stereocenters. The molecule has 0 heterocycles. The Hall–Kier alpha value is -1.94. The van der Waals surface area contributed by atoms with Crippen LogP contribution in [0.2, 0.25) is 0 Å². The van der Waals surface area contributed by atoms with Gasteiger partial charge in [-0.1, -0.05) is 343 Å². The second-order valence-electron chi connectivity index (χ2n) is 27.3. The third-order valence-corrected chi connectivity index (χ3v) is 19.8. The number of aliphatic hydroxyl groups excluding tert-OH is 1. The maximum Gasteiger partial charge on any atom is 0.472 e. The molecule has 0 radical (unpaired) electrons. The lowest BCUT2D eigenvalue weighted by Gasteiger charge is -2.21. The Morgan fingerprint density at radius 3 is 0.755 bits per heavy atom. The zero-order valence-electron chi connectivity index (χ0n) is 61.1. The summed E-state index contributed by atoms with van der Waals surface area (Å²) in [5, 5.41) is 10.6. The van der Waals surface area contributed by atoms with E-state index in [-0.39, 0.29) is 25.7 Å². The molecule has 0 bridgehead atoms.